The molecule has 7 heteroatoms. The van der Waals surface area contributed by atoms with Gasteiger partial charge >= 0.3 is 5.97 Å². The molecule has 0 fully saturated rings. The molecule has 1 aliphatic heterocycles. The van der Waals surface area contributed by atoms with Crippen LogP contribution < -0.4 is 14.4 Å². The molecular formula is C27H24N2O5. The quantitative estimate of drug-likeness (QED) is 0.468. The fourth-order valence-electron chi connectivity index (χ4n) is 4.33. The van der Waals surface area contributed by atoms with Crippen molar-refractivity contribution < 1.29 is 24.2 Å². The Labute approximate surface area is 196 Å². The van der Waals surface area contributed by atoms with E-state index in [1.165, 1.54) is 0 Å². The summed E-state index contributed by atoms with van der Waals surface area (Å²) in [7, 11) is 2.03. The van der Waals surface area contributed by atoms with E-state index in [0.29, 0.717) is 29.0 Å². The molecule has 0 aliphatic carbocycles. The Morgan fingerprint density at radius 2 is 1.82 bits per heavy atom. The number of hydrogen-bond acceptors (Lipinski definition) is 5. The molecule has 0 saturated carbocycles. The molecule has 1 unspecified atom stereocenters. The lowest BCUT2D eigenvalue weighted by atomic mass is 10.1. The highest BCUT2D eigenvalue weighted by molar-refractivity contribution is 6.03. The molecule has 1 atom stereocenters. The highest BCUT2D eigenvalue weighted by atomic mass is 16.5. The summed E-state index contributed by atoms with van der Waals surface area (Å²) < 4.78 is 13.5. The number of aromatic nitrogens is 1. The highest BCUT2D eigenvalue weighted by Gasteiger charge is 2.23. The lowest BCUT2D eigenvalue weighted by Gasteiger charge is -2.33. The molecule has 1 aromatic heterocycles. The third-order valence-electron chi connectivity index (χ3n) is 5.97. The predicted molar refractivity (Wildman–Crippen MR) is 129 cm³/mol. The van der Waals surface area contributed by atoms with Crippen LogP contribution in [-0.2, 0) is 11.2 Å². The number of ether oxygens (including phenoxy) is 2. The van der Waals surface area contributed by atoms with Gasteiger partial charge in [-0.1, -0.05) is 24.3 Å². The lowest BCUT2D eigenvalue weighted by molar-refractivity contribution is -0.136. The van der Waals surface area contributed by atoms with Crippen LogP contribution in [0.3, 0.4) is 0 Å². The van der Waals surface area contributed by atoms with Gasteiger partial charge in [-0.2, -0.15) is 0 Å². The van der Waals surface area contributed by atoms with Crippen molar-refractivity contribution in [2.45, 2.75) is 12.5 Å². The van der Waals surface area contributed by atoms with E-state index in [2.05, 4.69) is 4.90 Å². The summed E-state index contributed by atoms with van der Waals surface area (Å²) in [6, 6.07) is 22.1. The van der Waals surface area contributed by atoms with Crippen molar-refractivity contribution in [2.75, 3.05) is 25.1 Å². The summed E-state index contributed by atoms with van der Waals surface area (Å²) >= 11 is 0. The van der Waals surface area contributed by atoms with Crippen molar-refractivity contribution in [3.05, 3.63) is 90.1 Å². The standard InChI is InChI=1S/C27H24N2O5/c1-28-16-21(34-25-8-3-2-6-24(25)28)17-33-20-11-9-18(10-12-20)27(32)29-14-13-22-19(15-26(30)31)5-4-7-23(22)29/h2-14,21H,15-17H2,1H3,(H,30,31). The van der Waals surface area contributed by atoms with Crippen LogP contribution in [-0.4, -0.2) is 47.9 Å². The van der Waals surface area contributed by atoms with Gasteiger partial charge in [0, 0.05) is 24.2 Å². The van der Waals surface area contributed by atoms with Crippen LogP contribution in [0.5, 0.6) is 11.5 Å². The van der Waals surface area contributed by atoms with Gasteiger partial charge in [0.2, 0.25) is 0 Å². The second-order valence-electron chi connectivity index (χ2n) is 8.33. The summed E-state index contributed by atoms with van der Waals surface area (Å²) in [5.41, 5.74) is 2.94. The van der Waals surface area contributed by atoms with Gasteiger partial charge in [0.1, 0.15) is 24.2 Å². The number of likely N-dealkylation sites (N-methyl/N-ethyl adjacent to an activating group) is 1. The smallest absolute Gasteiger partial charge is 0.307 e. The molecule has 1 aliphatic rings. The van der Waals surface area contributed by atoms with Gasteiger partial charge in [0.25, 0.3) is 5.91 Å². The maximum Gasteiger partial charge on any atom is 0.307 e. The Morgan fingerprint density at radius 3 is 2.62 bits per heavy atom. The summed E-state index contributed by atoms with van der Waals surface area (Å²) in [6.45, 7) is 1.11. The molecule has 0 amide bonds. The van der Waals surface area contributed by atoms with Crippen molar-refractivity contribution in [3.8, 4) is 11.5 Å². The van der Waals surface area contributed by atoms with E-state index in [-0.39, 0.29) is 18.4 Å². The van der Waals surface area contributed by atoms with E-state index in [1.807, 2.05) is 37.4 Å². The summed E-state index contributed by atoms with van der Waals surface area (Å²) in [6.07, 6.45) is 1.48. The number of carboxylic acids is 1. The van der Waals surface area contributed by atoms with Crippen LogP contribution >= 0.6 is 0 Å². The first kappa shape index (κ1) is 21.6. The first-order chi connectivity index (χ1) is 16.5. The zero-order valence-electron chi connectivity index (χ0n) is 18.7. The van der Waals surface area contributed by atoms with Gasteiger partial charge in [0.05, 0.1) is 24.2 Å². The van der Waals surface area contributed by atoms with E-state index < -0.39 is 5.97 Å². The number of aliphatic carboxylic acids is 1. The number of fused-ring (bicyclic) bond motifs is 2. The number of carbonyl (C=O) groups is 2. The van der Waals surface area contributed by atoms with Crippen molar-refractivity contribution in [1.29, 1.82) is 0 Å². The monoisotopic (exact) mass is 456 g/mol. The number of carboxylic acid groups (broad SMARTS) is 1. The number of hydrogen-bond donors (Lipinski definition) is 1. The van der Waals surface area contributed by atoms with Gasteiger partial charge in [-0.15, -0.1) is 0 Å². The zero-order valence-corrected chi connectivity index (χ0v) is 18.7. The van der Waals surface area contributed by atoms with Gasteiger partial charge in [-0.05, 0) is 54.1 Å². The van der Waals surface area contributed by atoms with Crippen molar-refractivity contribution in [2.24, 2.45) is 0 Å². The van der Waals surface area contributed by atoms with E-state index in [1.54, 1.807) is 53.2 Å². The molecule has 172 valence electrons. The minimum atomic E-state index is -0.906. The molecule has 0 radical (unpaired) electrons. The van der Waals surface area contributed by atoms with Crippen LogP contribution in [0.15, 0.2) is 79.0 Å². The van der Waals surface area contributed by atoms with Gasteiger partial charge in [-0.25, -0.2) is 0 Å². The minimum Gasteiger partial charge on any atom is -0.490 e. The van der Waals surface area contributed by atoms with Crippen LogP contribution in [0.2, 0.25) is 0 Å². The molecule has 0 spiro atoms. The Morgan fingerprint density at radius 1 is 1.03 bits per heavy atom. The molecule has 1 N–H and O–H groups in total. The average Bonchev–Trinajstić information content (AvgIpc) is 3.28. The van der Waals surface area contributed by atoms with Crippen LogP contribution in [0.1, 0.15) is 15.9 Å². The Bertz CT molecular complexity index is 1360. The minimum absolute atomic E-state index is 0.0896. The first-order valence-electron chi connectivity index (χ1n) is 11.0. The van der Waals surface area contributed by atoms with E-state index >= 15 is 0 Å². The summed E-state index contributed by atoms with van der Waals surface area (Å²) in [4.78, 5) is 26.4. The number of anilines is 1. The fourth-order valence-corrected chi connectivity index (χ4v) is 4.33. The SMILES string of the molecule is CN1CC(COc2ccc(C(=O)n3ccc4c(CC(=O)O)cccc43)cc2)Oc2ccccc21. The van der Waals surface area contributed by atoms with Gasteiger partial charge < -0.3 is 19.5 Å². The highest BCUT2D eigenvalue weighted by Crippen LogP contribution is 2.32. The molecule has 2 heterocycles. The number of carbonyl (C=O) groups excluding carboxylic acids is 1. The molecule has 3 aromatic carbocycles. The Hall–Kier alpha value is -4.26. The third kappa shape index (κ3) is 4.20. The zero-order chi connectivity index (χ0) is 23.7. The van der Waals surface area contributed by atoms with Crippen LogP contribution in [0.25, 0.3) is 10.9 Å². The maximum atomic E-state index is 13.1. The second kappa shape index (κ2) is 8.94. The lowest BCUT2D eigenvalue weighted by Crippen LogP contribution is -2.41. The van der Waals surface area contributed by atoms with Gasteiger partial charge in [-0.3, -0.25) is 14.2 Å². The van der Waals surface area contributed by atoms with E-state index in [9.17, 15) is 9.59 Å². The summed E-state index contributed by atoms with van der Waals surface area (Å²) in [5.74, 6) is 0.401. The molecular weight excluding hydrogens is 432 g/mol. The van der Waals surface area contributed by atoms with Gasteiger partial charge in [0.15, 0.2) is 0 Å². The fraction of sp³-hybridized carbons (Fsp3) is 0.185. The van der Waals surface area contributed by atoms with Crippen LogP contribution in [0, 0.1) is 0 Å². The number of rotatable bonds is 6. The first-order valence-corrected chi connectivity index (χ1v) is 11.0. The molecule has 0 bridgehead atoms. The van der Waals surface area contributed by atoms with Crippen molar-refractivity contribution >= 4 is 28.5 Å². The second-order valence-corrected chi connectivity index (χ2v) is 8.33. The number of benzene rings is 3. The van der Waals surface area contributed by atoms with E-state index in [0.717, 1.165) is 23.4 Å². The molecule has 4 aromatic rings. The number of para-hydroxylation sites is 2. The third-order valence-corrected chi connectivity index (χ3v) is 5.97. The van der Waals surface area contributed by atoms with Crippen molar-refractivity contribution in [3.63, 3.8) is 0 Å². The number of nitrogens with zero attached hydrogens (tertiary/aromatic N) is 2. The van der Waals surface area contributed by atoms with Crippen molar-refractivity contribution in [1.82, 2.24) is 4.57 Å². The molecule has 7 nitrogen and oxygen atoms in total. The molecule has 0 saturated heterocycles. The molecule has 34 heavy (non-hydrogen) atoms. The Kier molecular flexibility index (Phi) is 5.67. The van der Waals surface area contributed by atoms with Crippen LogP contribution in [0.4, 0.5) is 5.69 Å². The topological polar surface area (TPSA) is 81.0 Å². The normalized spacial score (nSPS) is 15.0. The molecule has 5 rings (SSSR count). The maximum absolute atomic E-state index is 13.1. The predicted octanol–water partition coefficient (Wildman–Crippen LogP) is 4.23. The average molecular weight is 456 g/mol. The van der Waals surface area contributed by atoms with E-state index in [4.69, 9.17) is 14.6 Å². The Balaban J connectivity index is 1.27. The largest absolute Gasteiger partial charge is 0.490 e. The summed E-state index contributed by atoms with van der Waals surface area (Å²) in [5, 5.41) is 9.90.